The highest BCUT2D eigenvalue weighted by atomic mass is 16.5. The average Bonchev–Trinajstić information content (AvgIpc) is 2.39. The van der Waals surface area contributed by atoms with E-state index in [0.717, 1.165) is 38.5 Å². The summed E-state index contributed by atoms with van der Waals surface area (Å²) in [6, 6.07) is 0.456. The van der Waals surface area contributed by atoms with Crippen LogP contribution in [0, 0.1) is 5.92 Å². The molecule has 1 fully saturated rings. The maximum absolute atomic E-state index is 5.93. The maximum Gasteiger partial charge on any atom is 0.0874 e. The molecule has 1 aliphatic heterocycles. The molecule has 1 N–H and O–H groups in total. The van der Waals surface area contributed by atoms with Crippen LogP contribution in [0.3, 0.4) is 0 Å². The Morgan fingerprint density at radius 2 is 1.94 bits per heavy atom. The van der Waals surface area contributed by atoms with Crippen LogP contribution in [0.1, 0.15) is 52.9 Å². The minimum atomic E-state index is -0.0176. The lowest BCUT2D eigenvalue weighted by Gasteiger charge is -2.43. The van der Waals surface area contributed by atoms with Gasteiger partial charge in [-0.25, -0.2) is 0 Å². The van der Waals surface area contributed by atoms with Crippen molar-refractivity contribution in [1.82, 2.24) is 5.32 Å². The van der Waals surface area contributed by atoms with Gasteiger partial charge < -0.3 is 14.8 Å². The normalized spacial score (nSPS) is 22.7. The van der Waals surface area contributed by atoms with Gasteiger partial charge in [0.1, 0.15) is 0 Å². The second kappa shape index (κ2) is 8.13. The SMILES string of the molecule is CCCC(C)CC(NCC)C1(OC)CCOCC1. The van der Waals surface area contributed by atoms with Crippen molar-refractivity contribution < 1.29 is 9.47 Å². The van der Waals surface area contributed by atoms with Crippen molar-refractivity contribution in [2.75, 3.05) is 26.9 Å². The molecular weight excluding hydrogens is 226 g/mol. The zero-order valence-electron chi connectivity index (χ0n) is 12.6. The van der Waals surface area contributed by atoms with Crippen LogP contribution in [0.15, 0.2) is 0 Å². The van der Waals surface area contributed by atoms with Crippen molar-refractivity contribution in [3.05, 3.63) is 0 Å². The third-order valence-corrected chi connectivity index (χ3v) is 4.25. The molecule has 0 aromatic rings. The zero-order chi connectivity index (χ0) is 13.4. The van der Waals surface area contributed by atoms with E-state index in [2.05, 4.69) is 26.1 Å². The lowest BCUT2D eigenvalue weighted by Crippen LogP contribution is -2.55. The number of nitrogens with one attached hydrogen (secondary N) is 1. The first kappa shape index (κ1) is 15.9. The summed E-state index contributed by atoms with van der Waals surface area (Å²) in [4.78, 5) is 0. The Kier molecular flexibility index (Phi) is 7.20. The molecule has 2 unspecified atom stereocenters. The first-order valence-electron chi connectivity index (χ1n) is 7.54. The second-order valence-corrected chi connectivity index (χ2v) is 5.62. The van der Waals surface area contributed by atoms with E-state index in [-0.39, 0.29) is 5.60 Å². The van der Waals surface area contributed by atoms with Gasteiger partial charge in [-0.3, -0.25) is 0 Å². The molecule has 1 aliphatic rings. The summed E-state index contributed by atoms with van der Waals surface area (Å²) in [5, 5.41) is 3.65. The number of hydrogen-bond donors (Lipinski definition) is 1. The summed E-state index contributed by atoms with van der Waals surface area (Å²) >= 11 is 0. The highest BCUT2D eigenvalue weighted by Crippen LogP contribution is 2.32. The minimum absolute atomic E-state index is 0.0176. The first-order valence-corrected chi connectivity index (χ1v) is 7.54. The summed E-state index contributed by atoms with van der Waals surface area (Å²) in [5.41, 5.74) is -0.0176. The Morgan fingerprint density at radius 1 is 1.28 bits per heavy atom. The third kappa shape index (κ3) is 4.22. The van der Waals surface area contributed by atoms with Crippen LogP contribution in [-0.4, -0.2) is 38.5 Å². The summed E-state index contributed by atoms with van der Waals surface area (Å²) in [6.45, 7) is 9.47. The standard InChI is InChI=1S/C15H31NO2/c1-5-7-13(3)12-14(16-6-2)15(17-4)8-10-18-11-9-15/h13-14,16H,5-12H2,1-4H3. The Bertz CT molecular complexity index is 215. The van der Waals surface area contributed by atoms with E-state index < -0.39 is 0 Å². The average molecular weight is 257 g/mol. The number of methoxy groups -OCH3 is 1. The molecule has 2 atom stereocenters. The van der Waals surface area contributed by atoms with E-state index >= 15 is 0 Å². The van der Waals surface area contributed by atoms with Gasteiger partial charge in [0.15, 0.2) is 0 Å². The molecule has 18 heavy (non-hydrogen) atoms. The van der Waals surface area contributed by atoms with Crippen LogP contribution in [0.25, 0.3) is 0 Å². The number of ether oxygens (including phenoxy) is 2. The van der Waals surface area contributed by atoms with Gasteiger partial charge in [-0.15, -0.1) is 0 Å². The van der Waals surface area contributed by atoms with E-state index in [4.69, 9.17) is 9.47 Å². The van der Waals surface area contributed by atoms with E-state index in [1.165, 1.54) is 19.3 Å². The quantitative estimate of drug-likeness (QED) is 0.725. The third-order valence-electron chi connectivity index (χ3n) is 4.25. The van der Waals surface area contributed by atoms with Crippen molar-refractivity contribution in [3.8, 4) is 0 Å². The van der Waals surface area contributed by atoms with Crippen LogP contribution >= 0.6 is 0 Å². The number of rotatable bonds is 8. The van der Waals surface area contributed by atoms with Gasteiger partial charge >= 0.3 is 0 Å². The lowest BCUT2D eigenvalue weighted by atomic mass is 9.80. The highest BCUT2D eigenvalue weighted by Gasteiger charge is 2.40. The molecule has 0 saturated carbocycles. The molecule has 0 spiro atoms. The Hall–Kier alpha value is -0.120. The van der Waals surface area contributed by atoms with Crippen LogP contribution < -0.4 is 5.32 Å². The highest BCUT2D eigenvalue weighted by molar-refractivity contribution is 4.95. The maximum atomic E-state index is 5.93. The predicted molar refractivity (Wildman–Crippen MR) is 75.9 cm³/mol. The zero-order valence-corrected chi connectivity index (χ0v) is 12.6. The van der Waals surface area contributed by atoms with Crippen LogP contribution in [0.5, 0.6) is 0 Å². The molecule has 0 amide bonds. The summed E-state index contributed by atoms with van der Waals surface area (Å²) in [6.07, 6.45) is 5.80. The molecule has 3 nitrogen and oxygen atoms in total. The molecule has 0 aromatic carbocycles. The van der Waals surface area contributed by atoms with Crippen molar-refractivity contribution in [2.24, 2.45) is 5.92 Å². The fraction of sp³-hybridized carbons (Fsp3) is 1.00. The predicted octanol–water partition coefficient (Wildman–Crippen LogP) is 2.99. The van der Waals surface area contributed by atoms with Gasteiger partial charge in [0.25, 0.3) is 0 Å². The monoisotopic (exact) mass is 257 g/mol. The van der Waals surface area contributed by atoms with Crippen molar-refractivity contribution in [1.29, 1.82) is 0 Å². The smallest absolute Gasteiger partial charge is 0.0874 e. The van der Waals surface area contributed by atoms with E-state index in [0.29, 0.717) is 6.04 Å². The van der Waals surface area contributed by atoms with Crippen molar-refractivity contribution in [3.63, 3.8) is 0 Å². The molecule has 108 valence electrons. The van der Waals surface area contributed by atoms with Crippen molar-refractivity contribution in [2.45, 2.75) is 64.5 Å². The van der Waals surface area contributed by atoms with Gasteiger partial charge in [0.05, 0.1) is 5.60 Å². The Morgan fingerprint density at radius 3 is 2.44 bits per heavy atom. The summed E-state index contributed by atoms with van der Waals surface area (Å²) < 4.78 is 11.4. The van der Waals surface area contributed by atoms with Crippen LogP contribution in [0.2, 0.25) is 0 Å². The molecule has 3 heteroatoms. The molecule has 0 radical (unpaired) electrons. The van der Waals surface area contributed by atoms with Gasteiger partial charge in [-0.05, 0) is 18.9 Å². The first-order chi connectivity index (χ1) is 8.68. The largest absolute Gasteiger partial charge is 0.381 e. The van der Waals surface area contributed by atoms with E-state index in [1.54, 1.807) is 0 Å². The van der Waals surface area contributed by atoms with E-state index in [9.17, 15) is 0 Å². The minimum Gasteiger partial charge on any atom is -0.381 e. The molecule has 0 aromatic heterocycles. The molecule has 0 bridgehead atoms. The summed E-state index contributed by atoms with van der Waals surface area (Å²) in [7, 11) is 1.86. The van der Waals surface area contributed by atoms with Crippen LogP contribution in [-0.2, 0) is 9.47 Å². The molecule has 1 saturated heterocycles. The Balaban J connectivity index is 2.67. The van der Waals surface area contributed by atoms with Crippen molar-refractivity contribution >= 4 is 0 Å². The lowest BCUT2D eigenvalue weighted by molar-refractivity contribution is -0.113. The van der Waals surface area contributed by atoms with E-state index in [1.807, 2.05) is 7.11 Å². The fourth-order valence-electron chi connectivity index (χ4n) is 3.16. The molecule has 0 aliphatic carbocycles. The van der Waals surface area contributed by atoms with Crippen LogP contribution in [0.4, 0.5) is 0 Å². The Labute approximate surface area is 113 Å². The number of likely N-dealkylation sites (N-methyl/N-ethyl adjacent to an activating group) is 1. The molecular formula is C15H31NO2. The fourth-order valence-corrected chi connectivity index (χ4v) is 3.16. The molecule has 1 heterocycles. The topological polar surface area (TPSA) is 30.5 Å². The van der Waals surface area contributed by atoms with Gasteiger partial charge in [0, 0.05) is 39.2 Å². The summed E-state index contributed by atoms with van der Waals surface area (Å²) in [5.74, 6) is 0.758. The second-order valence-electron chi connectivity index (χ2n) is 5.62. The van der Waals surface area contributed by atoms with Gasteiger partial charge in [-0.2, -0.15) is 0 Å². The molecule has 1 rings (SSSR count). The number of hydrogen-bond acceptors (Lipinski definition) is 3. The van der Waals surface area contributed by atoms with Gasteiger partial charge in [-0.1, -0.05) is 33.6 Å². The van der Waals surface area contributed by atoms with Gasteiger partial charge in [0.2, 0.25) is 0 Å².